The summed E-state index contributed by atoms with van der Waals surface area (Å²) in [6.45, 7) is 7.76. The highest BCUT2D eigenvalue weighted by Gasteiger charge is 2.23. The van der Waals surface area contributed by atoms with Gasteiger partial charge in [-0.3, -0.25) is 0 Å². The minimum absolute atomic E-state index is 0.816. The van der Waals surface area contributed by atoms with Crippen LogP contribution in [0.3, 0.4) is 0 Å². The molecule has 2 nitrogen and oxygen atoms in total. The van der Waals surface area contributed by atoms with Gasteiger partial charge in [0.2, 0.25) is 0 Å². The molecule has 1 rings (SSSR count). The third-order valence-corrected chi connectivity index (χ3v) is 3.17. The smallest absolute Gasteiger partial charge is 0.0468 e. The first kappa shape index (κ1) is 12.0. The van der Waals surface area contributed by atoms with Crippen LogP contribution in [0.4, 0.5) is 0 Å². The lowest BCUT2D eigenvalue weighted by Crippen LogP contribution is -2.31. The van der Waals surface area contributed by atoms with Crippen LogP contribution >= 0.6 is 0 Å². The highest BCUT2D eigenvalue weighted by molar-refractivity contribution is 4.75. The zero-order valence-electron chi connectivity index (χ0n) is 9.88. The number of rotatable bonds is 5. The molecule has 0 amide bonds. The van der Waals surface area contributed by atoms with E-state index in [0.29, 0.717) is 0 Å². The molecule has 2 heteroatoms. The average Bonchev–Trinajstić information content (AvgIpc) is 2.18. The minimum atomic E-state index is 0.816. The average molecular weight is 199 g/mol. The molecular formula is C12H25NO. The summed E-state index contributed by atoms with van der Waals surface area (Å²) in [7, 11) is 2.06. The maximum Gasteiger partial charge on any atom is 0.0468 e. The lowest BCUT2D eigenvalue weighted by Gasteiger charge is -2.31. The molecule has 1 unspecified atom stereocenters. The van der Waals surface area contributed by atoms with Crippen LogP contribution in [-0.4, -0.2) is 26.8 Å². The van der Waals surface area contributed by atoms with Gasteiger partial charge in [0.05, 0.1) is 0 Å². The summed E-state index contributed by atoms with van der Waals surface area (Å²) in [5, 5.41) is 3.33. The van der Waals surface area contributed by atoms with Gasteiger partial charge < -0.3 is 10.1 Å². The standard InChI is InChI=1S/C12H25NO/c1-10(2)8-12(9-13-3)11-4-6-14-7-5-11/h10-13H,4-9H2,1-3H3. The third kappa shape index (κ3) is 3.97. The number of nitrogens with one attached hydrogen (secondary N) is 1. The maximum atomic E-state index is 5.41. The Balaban J connectivity index is 2.38. The van der Waals surface area contributed by atoms with Crippen molar-refractivity contribution in [2.24, 2.45) is 17.8 Å². The fourth-order valence-electron chi connectivity index (χ4n) is 2.50. The molecule has 1 aliphatic heterocycles. The van der Waals surface area contributed by atoms with E-state index in [1.807, 2.05) is 0 Å². The molecule has 84 valence electrons. The molecule has 0 aliphatic carbocycles. The van der Waals surface area contributed by atoms with E-state index in [-0.39, 0.29) is 0 Å². The van der Waals surface area contributed by atoms with Crippen molar-refractivity contribution in [1.29, 1.82) is 0 Å². The molecule has 0 spiro atoms. The van der Waals surface area contributed by atoms with Gasteiger partial charge in [-0.2, -0.15) is 0 Å². The van der Waals surface area contributed by atoms with Crippen molar-refractivity contribution in [2.45, 2.75) is 33.1 Å². The van der Waals surface area contributed by atoms with Crippen molar-refractivity contribution >= 4 is 0 Å². The Morgan fingerprint density at radius 1 is 1.29 bits per heavy atom. The molecule has 0 bridgehead atoms. The molecule has 1 atom stereocenters. The predicted molar refractivity (Wildman–Crippen MR) is 60.4 cm³/mol. The van der Waals surface area contributed by atoms with E-state index in [1.54, 1.807) is 0 Å². The van der Waals surface area contributed by atoms with Gasteiger partial charge in [-0.15, -0.1) is 0 Å². The molecule has 1 N–H and O–H groups in total. The molecule has 0 aromatic heterocycles. The first-order valence-electron chi connectivity index (χ1n) is 5.96. The van der Waals surface area contributed by atoms with Crippen molar-refractivity contribution in [2.75, 3.05) is 26.8 Å². The molecule has 0 aromatic rings. The Kier molecular flexibility index (Phi) is 5.49. The van der Waals surface area contributed by atoms with E-state index >= 15 is 0 Å². The molecule has 0 radical (unpaired) electrons. The topological polar surface area (TPSA) is 21.3 Å². The Hall–Kier alpha value is -0.0800. The van der Waals surface area contributed by atoms with Crippen LogP contribution in [-0.2, 0) is 4.74 Å². The molecule has 1 heterocycles. The molecule has 14 heavy (non-hydrogen) atoms. The second-order valence-electron chi connectivity index (χ2n) is 4.90. The second kappa shape index (κ2) is 6.41. The number of ether oxygens (including phenoxy) is 1. The highest BCUT2D eigenvalue weighted by atomic mass is 16.5. The Labute approximate surface area is 88.4 Å². The summed E-state index contributed by atoms with van der Waals surface area (Å²) in [4.78, 5) is 0. The molecule has 1 aliphatic rings. The van der Waals surface area contributed by atoms with Gasteiger partial charge >= 0.3 is 0 Å². The SMILES string of the molecule is CNCC(CC(C)C)C1CCOCC1. The maximum absolute atomic E-state index is 5.41. The molecular weight excluding hydrogens is 174 g/mol. The van der Waals surface area contributed by atoms with E-state index in [4.69, 9.17) is 4.74 Å². The quantitative estimate of drug-likeness (QED) is 0.733. The van der Waals surface area contributed by atoms with Crippen LogP contribution in [0, 0.1) is 17.8 Å². The molecule has 0 aromatic carbocycles. The Morgan fingerprint density at radius 2 is 1.93 bits per heavy atom. The van der Waals surface area contributed by atoms with E-state index in [9.17, 15) is 0 Å². The van der Waals surface area contributed by atoms with Crippen molar-refractivity contribution in [1.82, 2.24) is 5.32 Å². The van der Waals surface area contributed by atoms with E-state index in [1.165, 1.54) is 25.8 Å². The van der Waals surface area contributed by atoms with Crippen LogP contribution in [0.1, 0.15) is 33.1 Å². The fraction of sp³-hybridized carbons (Fsp3) is 1.00. The minimum Gasteiger partial charge on any atom is -0.381 e. The van der Waals surface area contributed by atoms with Crippen LogP contribution in [0.5, 0.6) is 0 Å². The number of hydrogen-bond donors (Lipinski definition) is 1. The Bertz CT molecular complexity index is 141. The third-order valence-electron chi connectivity index (χ3n) is 3.17. The monoisotopic (exact) mass is 199 g/mol. The zero-order chi connectivity index (χ0) is 10.4. The molecule has 0 saturated carbocycles. The van der Waals surface area contributed by atoms with Gasteiger partial charge in [-0.1, -0.05) is 13.8 Å². The van der Waals surface area contributed by atoms with Gasteiger partial charge in [0.1, 0.15) is 0 Å². The van der Waals surface area contributed by atoms with Crippen molar-refractivity contribution in [3.8, 4) is 0 Å². The lowest BCUT2D eigenvalue weighted by atomic mass is 9.81. The van der Waals surface area contributed by atoms with Crippen LogP contribution in [0.25, 0.3) is 0 Å². The van der Waals surface area contributed by atoms with Gasteiger partial charge in [0.25, 0.3) is 0 Å². The number of hydrogen-bond acceptors (Lipinski definition) is 2. The molecule has 1 fully saturated rings. The summed E-state index contributed by atoms with van der Waals surface area (Å²) in [5.41, 5.74) is 0. The fourth-order valence-corrected chi connectivity index (χ4v) is 2.50. The highest BCUT2D eigenvalue weighted by Crippen LogP contribution is 2.28. The van der Waals surface area contributed by atoms with E-state index < -0.39 is 0 Å². The van der Waals surface area contributed by atoms with Crippen molar-refractivity contribution in [3.63, 3.8) is 0 Å². The zero-order valence-corrected chi connectivity index (χ0v) is 9.88. The van der Waals surface area contributed by atoms with Crippen LogP contribution < -0.4 is 5.32 Å². The summed E-state index contributed by atoms with van der Waals surface area (Å²) in [6, 6.07) is 0. The largest absolute Gasteiger partial charge is 0.381 e. The first-order valence-corrected chi connectivity index (χ1v) is 5.96. The Morgan fingerprint density at radius 3 is 2.43 bits per heavy atom. The summed E-state index contributed by atoms with van der Waals surface area (Å²) in [5.74, 6) is 2.55. The van der Waals surface area contributed by atoms with Crippen molar-refractivity contribution < 1.29 is 4.74 Å². The van der Waals surface area contributed by atoms with E-state index in [2.05, 4.69) is 26.2 Å². The van der Waals surface area contributed by atoms with Gasteiger partial charge in [0.15, 0.2) is 0 Å². The van der Waals surface area contributed by atoms with Crippen LogP contribution in [0.15, 0.2) is 0 Å². The van der Waals surface area contributed by atoms with Gasteiger partial charge in [-0.05, 0) is 50.6 Å². The molecule has 1 saturated heterocycles. The first-order chi connectivity index (χ1) is 6.74. The summed E-state index contributed by atoms with van der Waals surface area (Å²) >= 11 is 0. The van der Waals surface area contributed by atoms with Gasteiger partial charge in [-0.25, -0.2) is 0 Å². The van der Waals surface area contributed by atoms with Gasteiger partial charge in [0, 0.05) is 13.2 Å². The van der Waals surface area contributed by atoms with Crippen molar-refractivity contribution in [3.05, 3.63) is 0 Å². The summed E-state index contributed by atoms with van der Waals surface area (Å²) in [6.07, 6.45) is 3.88. The predicted octanol–water partition coefficient (Wildman–Crippen LogP) is 2.29. The van der Waals surface area contributed by atoms with Crippen LogP contribution in [0.2, 0.25) is 0 Å². The van der Waals surface area contributed by atoms with E-state index in [0.717, 1.165) is 31.0 Å². The second-order valence-corrected chi connectivity index (χ2v) is 4.90. The lowest BCUT2D eigenvalue weighted by molar-refractivity contribution is 0.0429. The summed E-state index contributed by atoms with van der Waals surface area (Å²) < 4.78 is 5.41. The normalized spacial score (nSPS) is 21.4.